The number of hydrogen-bond donors (Lipinski definition) is 1. The Morgan fingerprint density at radius 3 is 2.88 bits per heavy atom. The number of morpholine rings is 1. The molecule has 1 aromatic heterocycles. The minimum absolute atomic E-state index is 0.282. The molecule has 0 saturated carbocycles. The molecule has 1 amide bonds. The van der Waals surface area contributed by atoms with E-state index in [9.17, 15) is 4.79 Å². The van der Waals surface area contributed by atoms with Crippen LogP contribution in [0.4, 0.5) is 5.82 Å². The first-order valence-electron chi connectivity index (χ1n) is 9.32. The Labute approximate surface area is 149 Å². The highest BCUT2D eigenvalue weighted by Gasteiger charge is 2.25. The van der Waals surface area contributed by atoms with Crippen LogP contribution in [0.25, 0.3) is 0 Å². The van der Waals surface area contributed by atoms with Crippen LogP contribution >= 0.6 is 0 Å². The molecular weight excluding hydrogens is 318 g/mol. The average Bonchev–Trinajstić information content (AvgIpc) is 2.67. The van der Waals surface area contributed by atoms with Crippen molar-refractivity contribution >= 4 is 11.7 Å². The molecule has 1 atom stereocenters. The zero-order valence-electron chi connectivity index (χ0n) is 15.1. The van der Waals surface area contributed by atoms with Crippen molar-refractivity contribution < 1.29 is 9.53 Å². The average molecular weight is 347 g/mol. The van der Waals surface area contributed by atoms with Crippen LogP contribution in [0.1, 0.15) is 25.0 Å². The number of rotatable bonds is 6. The van der Waals surface area contributed by atoms with Gasteiger partial charge in [-0.2, -0.15) is 0 Å². The van der Waals surface area contributed by atoms with Gasteiger partial charge in [-0.05, 0) is 25.2 Å². The topological polar surface area (TPSA) is 70.6 Å². The van der Waals surface area contributed by atoms with Gasteiger partial charge >= 0.3 is 0 Å². The Morgan fingerprint density at radius 1 is 1.28 bits per heavy atom. The Hall–Kier alpha value is -1.73. The molecule has 2 aliphatic heterocycles. The highest BCUT2D eigenvalue weighted by Crippen LogP contribution is 2.23. The number of nitrogens with one attached hydrogen (secondary N) is 1. The minimum atomic E-state index is 0.282. The third-order valence-electron chi connectivity index (χ3n) is 5.11. The first-order valence-corrected chi connectivity index (χ1v) is 9.32. The quantitative estimate of drug-likeness (QED) is 0.829. The molecule has 138 valence electrons. The van der Waals surface area contributed by atoms with Gasteiger partial charge < -0.3 is 15.0 Å². The Bertz CT molecular complexity index is 562. The number of aromatic nitrogens is 2. The number of anilines is 1. The van der Waals surface area contributed by atoms with Crippen LogP contribution in [0.15, 0.2) is 12.4 Å². The molecule has 7 heteroatoms. The fourth-order valence-corrected chi connectivity index (χ4v) is 3.69. The number of carbonyl (C=O) groups is 1. The molecule has 1 aromatic rings. The van der Waals surface area contributed by atoms with Gasteiger partial charge in [-0.15, -0.1) is 0 Å². The Kier molecular flexibility index (Phi) is 6.58. The number of piperidine rings is 1. The van der Waals surface area contributed by atoms with Gasteiger partial charge in [-0.1, -0.05) is 0 Å². The molecule has 0 aromatic carbocycles. The summed E-state index contributed by atoms with van der Waals surface area (Å²) in [5.74, 6) is 1.59. The highest BCUT2D eigenvalue weighted by molar-refractivity contribution is 5.76. The van der Waals surface area contributed by atoms with E-state index < -0.39 is 0 Å². The van der Waals surface area contributed by atoms with Crippen molar-refractivity contribution in [3.8, 4) is 0 Å². The van der Waals surface area contributed by atoms with Crippen LogP contribution in [0.3, 0.4) is 0 Å². The molecule has 3 heterocycles. The standard InChI is InChI=1S/C18H29N5O2/c1-19-18-16(20-5-6-21-18)13-15-3-2-7-23(14-15)17(24)4-8-22-9-11-25-12-10-22/h5-6,15H,2-4,7-14H2,1H3,(H,19,21)/t15-/m0/s1. The molecule has 0 aliphatic carbocycles. The second kappa shape index (κ2) is 9.10. The molecule has 3 rings (SSSR count). The van der Waals surface area contributed by atoms with Gasteiger partial charge in [0.05, 0.1) is 18.9 Å². The van der Waals surface area contributed by atoms with E-state index in [-0.39, 0.29) is 5.91 Å². The van der Waals surface area contributed by atoms with E-state index in [1.165, 1.54) is 0 Å². The van der Waals surface area contributed by atoms with Crippen LogP contribution in [-0.4, -0.2) is 78.7 Å². The molecule has 2 aliphatic rings. The van der Waals surface area contributed by atoms with E-state index in [2.05, 4.69) is 20.2 Å². The molecule has 0 bridgehead atoms. The molecule has 0 radical (unpaired) electrons. The summed E-state index contributed by atoms with van der Waals surface area (Å²) >= 11 is 0. The second-order valence-corrected chi connectivity index (χ2v) is 6.86. The lowest BCUT2D eigenvalue weighted by Gasteiger charge is -2.34. The minimum Gasteiger partial charge on any atom is -0.379 e. The number of ether oxygens (including phenoxy) is 1. The van der Waals surface area contributed by atoms with Crippen molar-refractivity contribution in [2.24, 2.45) is 5.92 Å². The first-order chi connectivity index (χ1) is 12.3. The normalized spacial score (nSPS) is 22.0. The van der Waals surface area contributed by atoms with Crippen LogP contribution in [0, 0.1) is 5.92 Å². The van der Waals surface area contributed by atoms with E-state index in [0.29, 0.717) is 12.3 Å². The lowest BCUT2D eigenvalue weighted by atomic mass is 9.93. The maximum absolute atomic E-state index is 12.6. The number of hydrogen-bond acceptors (Lipinski definition) is 6. The van der Waals surface area contributed by atoms with E-state index in [1.54, 1.807) is 12.4 Å². The van der Waals surface area contributed by atoms with Gasteiger partial charge in [0.15, 0.2) is 0 Å². The lowest BCUT2D eigenvalue weighted by molar-refractivity contribution is -0.133. The summed E-state index contributed by atoms with van der Waals surface area (Å²) in [7, 11) is 1.87. The summed E-state index contributed by atoms with van der Waals surface area (Å²) in [6.07, 6.45) is 7.15. The maximum Gasteiger partial charge on any atom is 0.223 e. The van der Waals surface area contributed by atoms with Gasteiger partial charge in [0, 0.05) is 58.6 Å². The van der Waals surface area contributed by atoms with E-state index >= 15 is 0 Å². The Morgan fingerprint density at radius 2 is 2.08 bits per heavy atom. The fraction of sp³-hybridized carbons (Fsp3) is 0.722. The summed E-state index contributed by atoms with van der Waals surface area (Å²) in [5.41, 5.74) is 0.998. The van der Waals surface area contributed by atoms with Crippen molar-refractivity contribution in [1.29, 1.82) is 0 Å². The van der Waals surface area contributed by atoms with Crippen molar-refractivity contribution in [1.82, 2.24) is 19.8 Å². The zero-order chi connectivity index (χ0) is 17.5. The van der Waals surface area contributed by atoms with Crippen molar-refractivity contribution in [2.45, 2.75) is 25.7 Å². The van der Waals surface area contributed by atoms with Crippen LogP contribution in [0.2, 0.25) is 0 Å². The summed E-state index contributed by atoms with van der Waals surface area (Å²) in [6, 6.07) is 0. The molecule has 7 nitrogen and oxygen atoms in total. The molecule has 2 saturated heterocycles. The van der Waals surface area contributed by atoms with Gasteiger partial charge in [0.25, 0.3) is 0 Å². The van der Waals surface area contributed by atoms with Crippen LogP contribution in [0.5, 0.6) is 0 Å². The fourth-order valence-electron chi connectivity index (χ4n) is 3.69. The van der Waals surface area contributed by atoms with Crippen LogP contribution < -0.4 is 5.32 Å². The molecule has 25 heavy (non-hydrogen) atoms. The van der Waals surface area contributed by atoms with E-state index in [1.807, 2.05) is 11.9 Å². The van der Waals surface area contributed by atoms with Crippen LogP contribution in [-0.2, 0) is 16.0 Å². The summed E-state index contributed by atoms with van der Waals surface area (Å²) in [4.78, 5) is 25.7. The SMILES string of the molecule is CNc1nccnc1C[C@@H]1CCCN(C(=O)CCN2CCOCC2)C1. The van der Waals surface area contributed by atoms with Crippen molar-refractivity contribution in [3.05, 3.63) is 18.1 Å². The van der Waals surface area contributed by atoms with Crippen molar-refractivity contribution in [3.63, 3.8) is 0 Å². The molecule has 1 N–H and O–H groups in total. The largest absolute Gasteiger partial charge is 0.379 e. The summed E-state index contributed by atoms with van der Waals surface area (Å²) < 4.78 is 5.36. The third-order valence-corrected chi connectivity index (χ3v) is 5.11. The smallest absolute Gasteiger partial charge is 0.223 e. The number of amides is 1. The molecular formula is C18H29N5O2. The predicted octanol–water partition coefficient (Wildman–Crippen LogP) is 1.02. The van der Waals surface area contributed by atoms with Gasteiger partial charge in [0.1, 0.15) is 5.82 Å². The van der Waals surface area contributed by atoms with Gasteiger partial charge in [-0.3, -0.25) is 14.7 Å². The van der Waals surface area contributed by atoms with E-state index in [4.69, 9.17) is 4.74 Å². The van der Waals surface area contributed by atoms with Gasteiger partial charge in [-0.25, -0.2) is 4.98 Å². The molecule has 0 unspecified atom stereocenters. The Balaban J connectivity index is 1.49. The molecule has 0 spiro atoms. The number of nitrogens with zero attached hydrogens (tertiary/aromatic N) is 4. The number of likely N-dealkylation sites (tertiary alicyclic amines) is 1. The second-order valence-electron chi connectivity index (χ2n) is 6.86. The maximum atomic E-state index is 12.6. The first kappa shape index (κ1) is 18.1. The van der Waals surface area contributed by atoms with Gasteiger partial charge in [0.2, 0.25) is 5.91 Å². The number of carbonyl (C=O) groups excluding carboxylic acids is 1. The van der Waals surface area contributed by atoms with Crippen molar-refractivity contribution in [2.75, 3.05) is 58.3 Å². The monoisotopic (exact) mass is 347 g/mol. The zero-order valence-corrected chi connectivity index (χ0v) is 15.1. The predicted molar refractivity (Wildman–Crippen MR) is 96.5 cm³/mol. The highest BCUT2D eigenvalue weighted by atomic mass is 16.5. The third kappa shape index (κ3) is 5.12. The lowest BCUT2D eigenvalue weighted by Crippen LogP contribution is -2.43. The molecule has 2 fully saturated rings. The summed E-state index contributed by atoms with van der Waals surface area (Å²) in [6.45, 7) is 6.01. The summed E-state index contributed by atoms with van der Waals surface area (Å²) in [5, 5.41) is 3.11. The van der Waals surface area contributed by atoms with E-state index in [0.717, 1.165) is 76.7 Å².